The predicted octanol–water partition coefficient (Wildman–Crippen LogP) is 2.15. The Hall–Kier alpha value is -1.70. The fraction of sp³-hybridized carbons (Fsp3) is 0.500. The molecule has 0 saturated carbocycles. The summed E-state index contributed by atoms with van der Waals surface area (Å²) in [6, 6.07) is 0. The number of halogens is 1. The van der Waals surface area contributed by atoms with Gasteiger partial charge in [0, 0.05) is 25.8 Å². The molecule has 0 radical (unpaired) electrons. The van der Waals surface area contributed by atoms with Gasteiger partial charge in [-0.1, -0.05) is 12.1 Å². The average molecular weight is 340 g/mol. The number of hydrogen-bond acceptors (Lipinski definition) is 6. The van der Waals surface area contributed by atoms with E-state index in [9.17, 15) is 0 Å². The lowest BCUT2D eigenvalue weighted by Gasteiger charge is -2.11. The van der Waals surface area contributed by atoms with Gasteiger partial charge in [0.1, 0.15) is 22.4 Å². The van der Waals surface area contributed by atoms with E-state index in [0.29, 0.717) is 0 Å². The monoisotopic (exact) mass is 339 g/mol. The molecule has 20 heavy (non-hydrogen) atoms. The van der Waals surface area contributed by atoms with Crippen LogP contribution in [-0.2, 0) is 6.54 Å². The van der Waals surface area contributed by atoms with E-state index in [-0.39, 0.29) is 0 Å². The molecule has 7 nitrogen and oxygen atoms in total. The van der Waals surface area contributed by atoms with Gasteiger partial charge < -0.3 is 10.6 Å². The van der Waals surface area contributed by atoms with Gasteiger partial charge >= 0.3 is 0 Å². The molecule has 0 aromatic carbocycles. The third kappa shape index (κ3) is 4.16. The lowest BCUT2D eigenvalue weighted by Crippen LogP contribution is -2.10. The maximum absolute atomic E-state index is 4.24. The smallest absolute Gasteiger partial charge is 0.145 e. The molecule has 2 aromatic heterocycles. The maximum atomic E-state index is 4.24. The lowest BCUT2D eigenvalue weighted by molar-refractivity contribution is 0.569. The van der Waals surface area contributed by atoms with Gasteiger partial charge in [-0.25, -0.2) is 9.97 Å². The number of aryl methyl sites for hydroxylation is 1. The molecule has 0 aliphatic rings. The van der Waals surface area contributed by atoms with Crippen LogP contribution in [0.15, 0.2) is 23.2 Å². The standard InChI is InChI=1S/C12H18BrN7/c1-2-4-14-11-10(13)12(17-9-16-11)15-5-3-7-20-8-6-18-19-20/h6,8-9H,2-5,7H2,1H3,(H2,14,15,16,17). The minimum atomic E-state index is 0.803. The van der Waals surface area contributed by atoms with Crippen molar-refractivity contribution in [3.8, 4) is 0 Å². The lowest BCUT2D eigenvalue weighted by atomic mass is 10.4. The van der Waals surface area contributed by atoms with Crippen molar-refractivity contribution in [1.29, 1.82) is 0 Å². The normalized spacial score (nSPS) is 10.5. The highest BCUT2D eigenvalue weighted by Crippen LogP contribution is 2.26. The molecular formula is C12H18BrN7. The van der Waals surface area contributed by atoms with E-state index in [4.69, 9.17) is 0 Å². The minimum absolute atomic E-state index is 0.803. The van der Waals surface area contributed by atoms with Crippen LogP contribution in [0, 0.1) is 0 Å². The third-order valence-electron chi connectivity index (χ3n) is 2.66. The van der Waals surface area contributed by atoms with Gasteiger partial charge in [0.25, 0.3) is 0 Å². The second-order valence-corrected chi connectivity index (χ2v) is 5.05. The number of hydrogen-bond donors (Lipinski definition) is 2. The molecule has 0 aliphatic heterocycles. The quantitative estimate of drug-likeness (QED) is 0.717. The summed E-state index contributed by atoms with van der Waals surface area (Å²) >= 11 is 3.52. The number of rotatable bonds is 8. The minimum Gasteiger partial charge on any atom is -0.369 e. The Balaban J connectivity index is 1.82. The second-order valence-electron chi connectivity index (χ2n) is 4.26. The summed E-state index contributed by atoms with van der Waals surface area (Å²) in [4.78, 5) is 8.45. The van der Waals surface area contributed by atoms with Crippen LogP contribution < -0.4 is 10.6 Å². The van der Waals surface area contributed by atoms with Crippen molar-refractivity contribution in [2.75, 3.05) is 23.7 Å². The van der Waals surface area contributed by atoms with Crippen molar-refractivity contribution in [3.05, 3.63) is 23.2 Å². The third-order valence-corrected chi connectivity index (χ3v) is 3.41. The Morgan fingerprint density at radius 3 is 2.60 bits per heavy atom. The van der Waals surface area contributed by atoms with E-state index >= 15 is 0 Å². The van der Waals surface area contributed by atoms with Crippen LogP contribution in [0.1, 0.15) is 19.8 Å². The zero-order valence-electron chi connectivity index (χ0n) is 11.4. The van der Waals surface area contributed by atoms with Crippen molar-refractivity contribution < 1.29 is 0 Å². The van der Waals surface area contributed by atoms with Crippen molar-refractivity contribution in [2.45, 2.75) is 26.3 Å². The molecule has 0 aliphatic carbocycles. The van der Waals surface area contributed by atoms with Gasteiger partial charge in [-0.05, 0) is 28.8 Å². The highest BCUT2D eigenvalue weighted by atomic mass is 79.9. The summed E-state index contributed by atoms with van der Waals surface area (Å²) in [5, 5.41) is 14.2. The first-order valence-electron chi connectivity index (χ1n) is 6.63. The van der Waals surface area contributed by atoms with Crippen molar-refractivity contribution >= 4 is 27.6 Å². The topological polar surface area (TPSA) is 80.5 Å². The number of aromatic nitrogens is 5. The van der Waals surface area contributed by atoms with Crippen molar-refractivity contribution in [1.82, 2.24) is 25.0 Å². The Morgan fingerprint density at radius 1 is 1.20 bits per heavy atom. The molecule has 8 heteroatoms. The molecule has 2 aromatic rings. The molecule has 2 heterocycles. The van der Waals surface area contributed by atoms with Gasteiger partial charge in [0.15, 0.2) is 0 Å². The fourth-order valence-corrected chi connectivity index (χ4v) is 2.14. The number of nitrogens with zero attached hydrogens (tertiary/aromatic N) is 5. The van der Waals surface area contributed by atoms with Gasteiger partial charge in [-0.3, -0.25) is 4.68 Å². The van der Waals surface area contributed by atoms with E-state index < -0.39 is 0 Å². The predicted molar refractivity (Wildman–Crippen MR) is 81.6 cm³/mol. The summed E-state index contributed by atoms with van der Waals surface area (Å²) in [7, 11) is 0. The van der Waals surface area contributed by atoms with E-state index in [0.717, 1.165) is 48.6 Å². The van der Waals surface area contributed by atoms with Gasteiger partial charge in [0.2, 0.25) is 0 Å². The molecule has 0 spiro atoms. The molecule has 0 saturated heterocycles. The van der Waals surface area contributed by atoms with Crippen molar-refractivity contribution in [2.24, 2.45) is 0 Å². The Bertz CT molecular complexity index is 515. The molecule has 0 amide bonds. The Kier molecular flexibility index (Phi) is 5.72. The van der Waals surface area contributed by atoms with E-state index in [2.05, 4.69) is 53.8 Å². The summed E-state index contributed by atoms with van der Waals surface area (Å²) in [6.07, 6.45) is 7.09. The van der Waals surface area contributed by atoms with E-state index in [1.165, 1.54) is 0 Å². The Labute approximate surface area is 126 Å². The van der Waals surface area contributed by atoms with Crippen molar-refractivity contribution in [3.63, 3.8) is 0 Å². The largest absolute Gasteiger partial charge is 0.369 e. The second kappa shape index (κ2) is 7.78. The summed E-state index contributed by atoms with van der Waals surface area (Å²) in [5.41, 5.74) is 0. The highest BCUT2D eigenvalue weighted by Gasteiger charge is 2.07. The maximum Gasteiger partial charge on any atom is 0.145 e. The van der Waals surface area contributed by atoms with Gasteiger partial charge in [-0.2, -0.15) is 0 Å². The molecular weight excluding hydrogens is 322 g/mol. The van der Waals surface area contributed by atoms with Crippen LogP contribution in [0.5, 0.6) is 0 Å². The van der Waals surface area contributed by atoms with Crippen LogP contribution in [0.2, 0.25) is 0 Å². The molecule has 0 bridgehead atoms. The molecule has 2 N–H and O–H groups in total. The zero-order chi connectivity index (χ0) is 14.2. The van der Waals surface area contributed by atoms with E-state index in [1.807, 2.05) is 10.9 Å². The first-order valence-corrected chi connectivity index (χ1v) is 7.43. The number of anilines is 2. The van der Waals surface area contributed by atoms with Gasteiger partial charge in [0.05, 0.1) is 6.20 Å². The average Bonchev–Trinajstić information content (AvgIpc) is 2.97. The first kappa shape index (κ1) is 14.7. The Morgan fingerprint density at radius 2 is 1.95 bits per heavy atom. The van der Waals surface area contributed by atoms with Crippen LogP contribution in [0.25, 0.3) is 0 Å². The summed E-state index contributed by atoms with van der Waals surface area (Å²) < 4.78 is 2.68. The van der Waals surface area contributed by atoms with Crippen LogP contribution >= 0.6 is 15.9 Å². The highest BCUT2D eigenvalue weighted by molar-refractivity contribution is 9.10. The van der Waals surface area contributed by atoms with Gasteiger partial charge in [-0.15, -0.1) is 5.10 Å². The number of nitrogens with one attached hydrogen (secondary N) is 2. The van der Waals surface area contributed by atoms with Crippen LogP contribution in [0.4, 0.5) is 11.6 Å². The summed E-state index contributed by atoms with van der Waals surface area (Å²) in [5.74, 6) is 1.62. The van der Waals surface area contributed by atoms with E-state index in [1.54, 1.807) is 12.5 Å². The fourth-order valence-electron chi connectivity index (χ4n) is 1.66. The molecule has 0 unspecified atom stereocenters. The summed E-state index contributed by atoms with van der Waals surface area (Å²) in [6.45, 7) is 4.64. The first-order chi connectivity index (χ1) is 9.81. The zero-order valence-corrected chi connectivity index (χ0v) is 13.0. The van der Waals surface area contributed by atoms with Crippen LogP contribution in [0.3, 0.4) is 0 Å². The molecule has 2 rings (SSSR count). The SMILES string of the molecule is CCCNc1ncnc(NCCCn2ccnn2)c1Br. The van der Waals surface area contributed by atoms with Crippen LogP contribution in [-0.4, -0.2) is 38.1 Å². The molecule has 108 valence electrons. The molecule has 0 atom stereocenters. The molecule has 0 fully saturated rings.